The lowest BCUT2D eigenvalue weighted by molar-refractivity contribution is -0.146. The van der Waals surface area contributed by atoms with Crippen LogP contribution >= 0.6 is 0 Å². The molecule has 0 saturated heterocycles. The van der Waals surface area contributed by atoms with Gasteiger partial charge in [0.15, 0.2) is 0 Å². The highest BCUT2D eigenvalue weighted by molar-refractivity contribution is 6.43. The summed E-state index contributed by atoms with van der Waals surface area (Å²) in [5.74, 6) is 0. The molecule has 0 aromatic carbocycles. The molecule has 1 aliphatic heterocycles. The number of hydrogen-bond acceptors (Lipinski definition) is 2. The van der Waals surface area contributed by atoms with Gasteiger partial charge in [-0.15, -0.1) is 0 Å². The molecule has 0 N–H and O–H groups in total. The van der Waals surface area contributed by atoms with Crippen molar-refractivity contribution in [2.75, 3.05) is 0 Å². The molecule has 6 heavy (non-hydrogen) atoms. The van der Waals surface area contributed by atoms with Gasteiger partial charge in [-0.05, 0) is 11.7 Å². The second-order valence-corrected chi connectivity index (χ2v) is 1.70. The Kier molecular flexibility index (Phi) is 1.06. The number of hydrogen-bond donors (Lipinski definition) is 0. The summed E-state index contributed by atoms with van der Waals surface area (Å²) >= 11 is 0. The third-order valence-corrected chi connectivity index (χ3v) is 1.04. The second-order valence-electron chi connectivity index (χ2n) is 0.850. The van der Waals surface area contributed by atoms with Gasteiger partial charge in [-0.2, -0.15) is 0 Å². The highest BCUT2D eigenvalue weighted by Crippen LogP contribution is 1.77. The van der Waals surface area contributed by atoms with Crippen molar-refractivity contribution in [3.05, 3.63) is 12.3 Å². The molecular formula is C3H4O2Si. The fourth-order valence-electron chi connectivity index (χ4n) is 0.219. The normalized spacial score (nSPS) is 16.0. The second kappa shape index (κ2) is 1.77. The van der Waals surface area contributed by atoms with Crippen LogP contribution in [0.1, 0.15) is 0 Å². The van der Waals surface area contributed by atoms with Crippen LogP contribution in [0.5, 0.6) is 0 Å². The monoisotopic (exact) mass is 100.0 g/mol. The molecule has 0 amide bonds. The first-order chi connectivity index (χ1) is 3.00. The van der Waals surface area contributed by atoms with Crippen molar-refractivity contribution in [2.45, 2.75) is 0 Å². The predicted molar refractivity (Wildman–Crippen MR) is 24.5 cm³/mol. The number of rotatable bonds is 0. The molecule has 0 aliphatic carbocycles. The van der Waals surface area contributed by atoms with Crippen LogP contribution < -0.4 is 0 Å². The van der Waals surface area contributed by atoms with Crippen molar-refractivity contribution in [3.8, 4) is 0 Å². The van der Waals surface area contributed by atoms with E-state index in [0.29, 0.717) is 0 Å². The van der Waals surface area contributed by atoms with E-state index < -0.39 is 0 Å². The lowest BCUT2D eigenvalue weighted by Gasteiger charge is -1.96. The molecule has 3 heteroatoms. The average Bonchev–Trinajstić information content (AvgIpc) is 1.72. The first-order valence-corrected chi connectivity index (χ1v) is 2.78. The summed E-state index contributed by atoms with van der Waals surface area (Å²) in [4.78, 5) is 4.39. The van der Waals surface area contributed by atoms with E-state index in [1.807, 2.05) is 11.7 Å². The van der Waals surface area contributed by atoms with Gasteiger partial charge >= 0.3 is 0 Å². The maximum atomic E-state index is 4.51. The van der Waals surface area contributed by atoms with Gasteiger partial charge in [-0.3, -0.25) is 0 Å². The summed E-state index contributed by atoms with van der Waals surface area (Å²) in [7, 11) is -0.0289. The zero-order valence-electron chi connectivity index (χ0n) is 3.13. The van der Waals surface area contributed by atoms with Crippen LogP contribution in [0.25, 0.3) is 0 Å². The van der Waals surface area contributed by atoms with Gasteiger partial charge in [0.1, 0.15) is 6.26 Å². The van der Waals surface area contributed by atoms with Crippen LogP contribution in [0.2, 0.25) is 0 Å². The largest absolute Gasteiger partial charge is 0.372 e. The Morgan fingerprint density at radius 3 is 2.67 bits per heavy atom. The molecular weight excluding hydrogens is 96.1 g/mol. The molecule has 0 aromatic heterocycles. The van der Waals surface area contributed by atoms with E-state index in [0.717, 1.165) is 0 Å². The summed E-state index contributed by atoms with van der Waals surface area (Å²) in [6.07, 6.45) is 3.34. The Hall–Kier alpha value is -0.573. The van der Waals surface area contributed by atoms with E-state index in [9.17, 15) is 0 Å². The van der Waals surface area contributed by atoms with Gasteiger partial charge < -0.3 is 9.46 Å². The average molecular weight is 100 g/mol. The Labute approximate surface area is 37.9 Å². The number of allylic oxidation sites excluding steroid dienone is 1. The van der Waals surface area contributed by atoms with Gasteiger partial charge in [0.05, 0.1) is 0 Å². The van der Waals surface area contributed by atoms with Crippen LogP contribution in [0.4, 0.5) is 0 Å². The molecule has 1 rings (SSSR count). The fourth-order valence-corrected chi connectivity index (χ4v) is 0.593. The van der Waals surface area contributed by atoms with Crippen LogP contribution in [0, 0.1) is 0 Å². The Morgan fingerprint density at radius 1 is 1.50 bits per heavy atom. The molecule has 2 nitrogen and oxygen atoms in total. The Bertz CT molecular complexity index is 74.8. The van der Waals surface area contributed by atoms with Crippen molar-refractivity contribution < 1.29 is 9.46 Å². The maximum Gasteiger partial charge on any atom is 0.291 e. The molecule has 0 fully saturated rings. The van der Waals surface area contributed by atoms with E-state index in [4.69, 9.17) is 0 Å². The minimum atomic E-state index is -0.0289. The molecule has 0 saturated carbocycles. The Balaban J connectivity index is 2.46. The molecule has 1 aliphatic rings. The summed E-state index contributed by atoms with van der Waals surface area (Å²) in [5.41, 5.74) is 1.95. The van der Waals surface area contributed by atoms with E-state index in [2.05, 4.69) is 9.46 Å². The quantitative estimate of drug-likeness (QED) is 0.305. The standard InChI is InChI=1S/C3H4O2Si/c1-2-4-5-6-3-1/h1-3,6H. The lowest BCUT2D eigenvalue weighted by Crippen LogP contribution is -1.93. The SMILES string of the molecule is C1=COO[SiH]=C1. The fraction of sp³-hybridized carbons (Fsp3) is 0. The minimum Gasteiger partial charge on any atom is -0.372 e. The first-order valence-electron chi connectivity index (χ1n) is 1.64. The zero-order chi connectivity index (χ0) is 4.24. The van der Waals surface area contributed by atoms with Crippen molar-refractivity contribution in [1.29, 1.82) is 0 Å². The first kappa shape index (κ1) is 3.61. The van der Waals surface area contributed by atoms with Crippen LogP contribution in [0.15, 0.2) is 12.3 Å². The highest BCUT2D eigenvalue weighted by atomic mass is 28.2. The van der Waals surface area contributed by atoms with Crippen molar-refractivity contribution in [1.82, 2.24) is 0 Å². The third-order valence-electron chi connectivity index (χ3n) is 0.435. The van der Waals surface area contributed by atoms with Crippen LogP contribution in [0.3, 0.4) is 0 Å². The van der Waals surface area contributed by atoms with E-state index in [1.54, 1.807) is 0 Å². The molecule has 0 spiro atoms. The van der Waals surface area contributed by atoms with Gasteiger partial charge in [-0.1, -0.05) is 0 Å². The van der Waals surface area contributed by atoms with Crippen LogP contribution in [-0.2, 0) is 9.46 Å². The van der Waals surface area contributed by atoms with Gasteiger partial charge in [-0.25, -0.2) is 0 Å². The Morgan fingerprint density at radius 2 is 2.50 bits per heavy atom. The predicted octanol–water partition coefficient (Wildman–Crippen LogP) is -0.384. The summed E-state index contributed by atoms with van der Waals surface area (Å²) in [5, 5.41) is 0. The van der Waals surface area contributed by atoms with E-state index >= 15 is 0 Å². The van der Waals surface area contributed by atoms with Crippen LogP contribution in [-0.4, -0.2) is 15.0 Å². The van der Waals surface area contributed by atoms with Gasteiger partial charge in [0.2, 0.25) is 0 Å². The molecule has 0 bridgehead atoms. The minimum absolute atomic E-state index is 0.0289. The van der Waals surface area contributed by atoms with Gasteiger partial charge in [0, 0.05) is 0 Å². The molecule has 0 radical (unpaired) electrons. The molecule has 0 unspecified atom stereocenters. The lowest BCUT2D eigenvalue weighted by atomic mass is 10.7. The summed E-state index contributed by atoms with van der Waals surface area (Å²) < 4.78 is 4.51. The van der Waals surface area contributed by atoms with Crippen molar-refractivity contribution in [3.63, 3.8) is 0 Å². The van der Waals surface area contributed by atoms with E-state index in [1.165, 1.54) is 6.26 Å². The van der Waals surface area contributed by atoms with E-state index in [-0.39, 0.29) is 9.38 Å². The smallest absolute Gasteiger partial charge is 0.291 e. The summed E-state index contributed by atoms with van der Waals surface area (Å²) in [6.45, 7) is 0. The van der Waals surface area contributed by atoms with Crippen molar-refractivity contribution >= 4 is 15.0 Å². The molecule has 0 aromatic rings. The molecule has 32 valence electrons. The zero-order valence-corrected chi connectivity index (χ0v) is 4.28. The highest BCUT2D eigenvalue weighted by Gasteiger charge is 1.76. The third kappa shape index (κ3) is 0.685. The summed E-state index contributed by atoms with van der Waals surface area (Å²) in [6, 6.07) is 0. The topological polar surface area (TPSA) is 18.5 Å². The van der Waals surface area contributed by atoms with Gasteiger partial charge in [0.25, 0.3) is 9.38 Å². The molecule has 0 atom stereocenters. The van der Waals surface area contributed by atoms with Crippen molar-refractivity contribution in [2.24, 2.45) is 0 Å². The maximum absolute atomic E-state index is 4.51. The molecule has 1 heterocycles.